The molecule has 0 saturated carbocycles. The Hall–Kier alpha value is -2.52. The summed E-state index contributed by atoms with van der Waals surface area (Å²) in [6.45, 7) is 2.38. The number of methoxy groups -OCH3 is 2. The summed E-state index contributed by atoms with van der Waals surface area (Å²) in [5.74, 6) is 1.30. The summed E-state index contributed by atoms with van der Waals surface area (Å²) in [5, 5.41) is 11.7. The van der Waals surface area contributed by atoms with Crippen molar-refractivity contribution in [3.05, 3.63) is 34.8 Å². The van der Waals surface area contributed by atoms with Crippen LogP contribution in [0.5, 0.6) is 11.5 Å². The predicted octanol–water partition coefficient (Wildman–Crippen LogP) is 3.73. The first kappa shape index (κ1) is 15.9. The third kappa shape index (κ3) is 3.38. The summed E-state index contributed by atoms with van der Waals surface area (Å²) in [5.41, 5.74) is 2.09. The fraction of sp³-hybridized carbons (Fsp3) is 0.250. The third-order valence-electron chi connectivity index (χ3n) is 2.90. The summed E-state index contributed by atoms with van der Waals surface area (Å²) in [6, 6.07) is 7.68. The average molecular weight is 316 g/mol. The lowest BCUT2D eigenvalue weighted by Gasteiger charge is -2.08. The van der Waals surface area contributed by atoms with E-state index in [0.29, 0.717) is 28.7 Å². The van der Waals surface area contributed by atoms with Crippen LogP contribution in [0.2, 0.25) is 0 Å². The number of rotatable bonds is 6. The van der Waals surface area contributed by atoms with Crippen molar-refractivity contribution in [1.29, 1.82) is 5.26 Å². The maximum Gasteiger partial charge on any atom is 0.161 e. The minimum absolute atomic E-state index is 0.415. The van der Waals surface area contributed by atoms with Crippen LogP contribution in [0.4, 0.5) is 0 Å². The van der Waals surface area contributed by atoms with Gasteiger partial charge in [0.25, 0.3) is 0 Å². The molecule has 0 amide bonds. The van der Waals surface area contributed by atoms with Crippen LogP contribution in [0.15, 0.2) is 29.8 Å². The van der Waals surface area contributed by atoms with Gasteiger partial charge in [-0.15, -0.1) is 11.3 Å². The number of ether oxygens (including phenoxy) is 3. The molecule has 22 heavy (non-hydrogen) atoms. The molecular weight excluding hydrogens is 300 g/mol. The molecule has 0 atom stereocenters. The molecule has 2 rings (SSSR count). The van der Waals surface area contributed by atoms with Gasteiger partial charge in [-0.1, -0.05) is 0 Å². The zero-order valence-electron chi connectivity index (χ0n) is 12.6. The fourth-order valence-corrected chi connectivity index (χ4v) is 2.60. The molecule has 1 aromatic heterocycles. The van der Waals surface area contributed by atoms with Crippen molar-refractivity contribution in [2.24, 2.45) is 0 Å². The minimum Gasteiger partial charge on any atom is -0.500 e. The quantitative estimate of drug-likeness (QED) is 0.600. The van der Waals surface area contributed by atoms with Gasteiger partial charge in [-0.2, -0.15) is 5.26 Å². The molecule has 114 valence electrons. The molecule has 0 bridgehead atoms. The number of nitrogens with zero attached hydrogens (tertiary/aromatic N) is 2. The van der Waals surface area contributed by atoms with Crippen LogP contribution >= 0.6 is 11.3 Å². The molecule has 0 fully saturated rings. The van der Waals surface area contributed by atoms with E-state index in [9.17, 15) is 0 Å². The van der Waals surface area contributed by atoms with E-state index < -0.39 is 0 Å². The highest BCUT2D eigenvalue weighted by atomic mass is 32.1. The van der Waals surface area contributed by atoms with Crippen molar-refractivity contribution in [3.63, 3.8) is 0 Å². The molecule has 1 heterocycles. The highest BCUT2D eigenvalue weighted by Gasteiger charge is 2.11. The van der Waals surface area contributed by atoms with Crippen LogP contribution in [0.25, 0.3) is 16.8 Å². The van der Waals surface area contributed by atoms with Crippen molar-refractivity contribution in [3.8, 4) is 28.8 Å². The number of thiazole rings is 1. The molecule has 0 aliphatic carbocycles. The zero-order valence-corrected chi connectivity index (χ0v) is 13.4. The van der Waals surface area contributed by atoms with Crippen LogP contribution in [0, 0.1) is 11.3 Å². The van der Waals surface area contributed by atoms with Crippen molar-refractivity contribution in [2.45, 2.75) is 6.92 Å². The Morgan fingerprint density at radius 1 is 1.32 bits per heavy atom. The van der Waals surface area contributed by atoms with E-state index in [0.717, 1.165) is 11.3 Å². The molecule has 0 aliphatic rings. The summed E-state index contributed by atoms with van der Waals surface area (Å²) >= 11 is 1.40. The normalized spacial score (nSPS) is 10.9. The first-order valence-electron chi connectivity index (χ1n) is 6.63. The number of nitriles is 1. The van der Waals surface area contributed by atoms with Gasteiger partial charge in [0.15, 0.2) is 11.5 Å². The number of hydrogen-bond acceptors (Lipinski definition) is 6. The summed E-state index contributed by atoms with van der Waals surface area (Å²) in [7, 11) is 3.18. The molecule has 0 saturated heterocycles. The molecule has 1 aromatic carbocycles. The van der Waals surface area contributed by atoms with Crippen LogP contribution in [-0.4, -0.2) is 25.8 Å². The second kappa shape index (κ2) is 7.48. The molecule has 5 nitrogen and oxygen atoms in total. The lowest BCUT2D eigenvalue weighted by atomic mass is 10.1. The molecule has 0 unspecified atom stereocenters. The predicted molar refractivity (Wildman–Crippen MR) is 85.9 cm³/mol. The van der Waals surface area contributed by atoms with Crippen molar-refractivity contribution in [2.75, 3.05) is 20.8 Å². The lowest BCUT2D eigenvalue weighted by molar-refractivity contribution is 0.271. The standard InChI is InChI=1S/C16H16N2O3S/c1-4-21-9-12(8-17)16-18-13(10-22-16)11-5-6-14(19-2)15(7-11)20-3/h5-7,9-10H,4H2,1-3H3/b12-9+. The average Bonchev–Trinajstić information content (AvgIpc) is 3.04. The smallest absolute Gasteiger partial charge is 0.161 e. The number of hydrogen-bond donors (Lipinski definition) is 0. The Balaban J connectivity index is 2.34. The minimum atomic E-state index is 0.415. The Bertz CT molecular complexity index is 716. The molecule has 0 spiro atoms. The molecule has 0 radical (unpaired) electrons. The maximum absolute atomic E-state index is 9.17. The SMILES string of the molecule is CCO/C=C(\C#N)c1nc(-c2ccc(OC)c(OC)c2)cs1. The molecular formula is C16H16N2O3S. The molecule has 0 N–H and O–H groups in total. The van der Waals surface area contributed by atoms with E-state index in [1.165, 1.54) is 17.6 Å². The number of benzene rings is 1. The lowest BCUT2D eigenvalue weighted by Crippen LogP contribution is -1.91. The zero-order chi connectivity index (χ0) is 15.9. The summed E-state index contributed by atoms with van der Waals surface area (Å²) in [4.78, 5) is 4.49. The Kier molecular flexibility index (Phi) is 5.39. The first-order valence-corrected chi connectivity index (χ1v) is 7.51. The monoisotopic (exact) mass is 316 g/mol. The van der Waals surface area contributed by atoms with Gasteiger partial charge in [0.2, 0.25) is 0 Å². The van der Waals surface area contributed by atoms with E-state index in [2.05, 4.69) is 11.1 Å². The number of allylic oxidation sites excluding steroid dienone is 1. The number of aromatic nitrogens is 1. The Labute approximate surface area is 133 Å². The second-order valence-corrected chi connectivity index (χ2v) is 5.06. The maximum atomic E-state index is 9.17. The van der Waals surface area contributed by atoms with E-state index >= 15 is 0 Å². The second-order valence-electron chi connectivity index (χ2n) is 4.21. The largest absolute Gasteiger partial charge is 0.500 e. The van der Waals surface area contributed by atoms with E-state index in [1.807, 2.05) is 30.5 Å². The van der Waals surface area contributed by atoms with E-state index in [1.54, 1.807) is 14.2 Å². The Morgan fingerprint density at radius 2 is 2.09 bits per heavy atom. The van der Waals surface area contributed by atoms with E-state index in [4.69, 9.17) is 19.5 Å². The topological polar surface area (TPSA) is 64.4 Å². The molecule has 6 heteroatoms. The van der Waals surface area contributed by atoms with Crippen molar-refractivity contribution >= 4 is 16.9 Å². The van der Waals surface area contributed by atoms with Gasteiger partial charge in [0.05, 0.1) is 26.5 Å². The molecule has 2 aromatic rings. The first-order chi connectivity index (χ1) is 10.7. The van der Waals surface area contributed by atoms with Gasteiger partial charge in [-0.05, 0) is 25.1 Å². The summed E-state index contributed by atoms with van der Waals surface area (Å²) < 4.78 is 15.7. The fourth-order valence-electron chi connectivity index (χ4n) is 1.82. The van der Waals surface area contributed by atoms with Crippen LogP contribution in [0.1, 0.15) is 11.9 Å². The van der Waals surface area contributed by atoms with Gasteiger partial charge in [0.1, 0.15) is 22.9 Å². The highest BCUT2D eigenvalue weighted by molar-refractivity contribution is 7.11. The Morgan fingerprint density at radius 3 is 2.73 bits per heavy atom. The van der Waals surface area contributed by atoms with Gasteiger partial charge >= 0.3 is 0 Å². The summed E-state index contributed by atoms with van der Waals surface area (Å²) in [6.07, 6.45) is 1.44. The van der Waals surface area contributed by atoms with Crippen LogP contribution in [0.3, 0.4) is 0 Å². The van der Waals surface area contributed by atoms with Gasteiger partial charge in [0, 0.05) is 10.9 Å². The van der Waals surface area contributed by atoms with Crippen molar-refractivity contribution in [1.82, 2.24) is 4.98 Å². The molecule has 0 aliphatic heterocycles. The van der Waals surface area contributed by atoms with Crippen LogP contribution in [-0.2, 0) is 4.74 Å². The van der Waals surface area contributed by atoms with Gasteiger partial charge < -0.3 is 14.2 Å². The third-order valence-corrected chi connectivity index (χ3v) is 3.78. The van der Waals surface area contributed by atoms with Gasteiger partial charge in [-0.25, -0.2) is 4.98 Å². The van der Waals surface area contributed by atoms with E-state index in [-0.39, 0.29) is 0 Å². The van der Waals surface area contributed by atoms with Gasteiger partial charge in [-0.3, -0.25) is 0 Å². The highest BCUT2D eigenvalue weighted by Crippen LogP contribution is 2.33. The van der Waals surface area contributed by atoms with Crippen LogP contribution < -0.4 is 9.47 Å². The van der Waals surface area contributed by atoms with Crippen molar-refractivity contribution < 1.29 is 14.2 Å².